The van der Waals surface area contributed by atoms with Crippen LogP contribution in [0.25, 0.3) is 111 Å². The number of benzene rings is 13. The maximum atomic E-state index is 2.63. The largest absolute Gasteiger partial charge is 0.0714 e. The highest BCUT2D eigenvalue weighted by Gasteiger charge is 2.50. The van der Waals surface area contributed by atoms with Crippen molar-refractivity contribution in [2.75, 3.05) is 0 Å². The molecule has 0 aromatic heterocycles. The van der Waals surface area contributed by atoms with Crippen molar-refractivity contribution in [1.29, 1.82) is 0 Å². The van der Waals surface area contributed by atoms with Gasteiger partial charge in [0.2, 0.25) is 0 Å². The molecule has 0 radical (unpaired) electrons. The molecule has 5 aliphatic carbocycles. The lowest BCUT2D eigenvalue weighted by atomic mass is 9.65. The van der Waals surface area contributed by atoms with Crippen molar-refractivity contribution in [1.82, 2.24) is 0 Å². The molecule has 0 amide bonds. The molecule has 0 heteroatoms. The van der Waals surface area contributed by atoms with Gasteiger partial charge in [0.05, 0.1) is 5.41 Å². The van der Waals surface area contributed by atoms with E-state index in [1.807, 2.05) is 0 Å². The minimum absolute atomic E-state index is 0.189. The molecule has 13 aromatic rings. The van der Waals surface area contributed by atoms with E-state index in [9.17, 15) is 0 Å². The van der Waals surface area contributed by atoms with Crippen molar-refractivity contribution in [3.8, 4) is 111 Å². The third-order valence-electron chi connectivity index (χ3n) is 22.9. The molecule has 5 aliphatic rings. The molecular weight excluding hydrogens is 1110 g/mol. The van der Waals surface area contributed by atoms with Crippen LogP contribution in [0.1, 0.15) is 128 Å². The zero-order valence-electron chi connectivity index (χ0n) is 54.0. The Kier molecular flexibility index (Phi) is 11.4. The van der Waals surface area contributed by atoms with Gasteiger partial charge < -0.3 is 0 Å². The maximum absolute atomic E-state index is 2.63. The van der Waals surface area contributed by atoms with Gasteiger partial charge in [-0.2, -0.15) is 0 Å². The molecule has 0 nitrogen and oxygen atoms in total. The summed E-state index contributed by atoms with van der Waals surface area (Å²) in [5.74, 6) is 0. The molecule has 92 heavy (non-hydrogen) atoms. The van der Waals surface area contributed by atoms with Crippen molar-refractivity contribution in [3.63, 3.8) is 0 Å². The van der Waals surface area contributed by atoms with Gasteiger partial charge in [-0.05, 0) is 227 Å². The summed E-state index contributed by atoms with van der Waals surface area (Å²) in [6.45, 7) is 21.7. The zero-order valence-corrected chi connectivity index (χ0v) is 54.0. The zero-order chi connectivity index (χ0) is 62.4. The van der Waals surface area contributed by atoms with Crippen LogP contribution in [-0.4, -0.2) is 0 Å². The minimum Gasteiger partial charge on any atom is -0.0622 e. The molecule has 0 bridgehead atoms. The molecular formula is C92H72. The van der Waals surface area contributed by atoms with Crippen molar-refractivity contribution in [2.24, 2.45) is 0 Å². The second kappa shape index (κ2) is 19.2. The van der Waals surface area contributed by atoms with E-state index < -0.39 is 5.41 Å². The van der Waals surface area contributed by atoms with Gasteiger partial charge in [-0.3, -0.25) is 0 Å². The topological polar surface area (TPSA) is 0 Å². The van der Waals surface area contributed by atoms with Crippen LogP contribution in [0.2, 0.25) is 0 Å². The van der Waals surface area contributed by atoms with E-state index in [0.717, 1.165) is 0 Å². The summed E-state index contributed by atoms with van der Waals surface area (Å²) in [4.78, 5) is 0. The Hall–Kier alpha value is -10.1. The number of rotatable bonds is 7. The van der Waals surface area contributed by atoms with E-state index in [0.29, 0.717) is 0 Å². The Morgan fingerprint density at radius 3 is 0.772 bits per heavy atom. The first-order chi connectivity index (χ1) is 44.6. The van der Waals surface area contributed by atoms with Gasteiger partial charge >= 0.3 is 0 Å². The molecule has 0 atom stereocenters. The Labute approximate surface area is 542 Å². The number of hydrogen-bond donors (Lipinski definition) is 0. The molecule has 0 fully saturated rings. The van der Waals surface area contributed by atoms with E-state index in [1.165, 1.54) is 184 Å². The monoisotopic (exact) mass is 1180 g/mol. The Bertz CT molecular complexity index is 4830. The van der Waals surface area contributed by atoms with Crippen molar-refractivity contribution < 1.29 is 0 Å². The predicted octanol–water partition coefficient (Wildman–Crippen LogP) is 23.9. The highest BCUT2D eigenvalue weighted by Crippen LogP contribution is 2.64. The Morgan fingerprint density at radius 2 is 0.435 bits per heavy atom. The van der Waals surface area contributed by atoms with Crippen LogP contribution in [0.15, 0.2) is 273 Å². The van der Waals surface area contributed by atoms with Crippen LogP contribution in [-0.2, 0) is 27.1 Å². The average Bonchev–Trinajstić information content (AvgIpc) is 1.49. The summed E-state index contributed by atoms with van der Waals surface area (Å²) >= 11 is 0. The summed E-state index contributed by atoms with van der Waals surface area (Å²) in [6.07, 6.45) is 0. The fourth-order valence-corrected chi connectivity index (χ4v) is 18.5. The summed E-state index contributed by atoms with van der Waals surface area (Å²) < 4.78 is 0. The minimum atomic E-state index is -0.883. The van der Waals surface area contributed by atoms with Crippen LogP contribution in [0.5, 0.6) is 0 Å². The maximum Gasteiger partial charge on any atom is 0.0714 e. The number of hydrogen-bond acceptors (Lipinski definition) is 0. The quantitative estimate of drug-likeness (QED) is 0.149. The second-order valence-electron chi connectivity index (χ2n) is 29.0. The molecule has 13 aromatic carbocycles. The van der Waals surface area contributed by atoms with Crippen LogP contribution >= 0.6 is 0 Å². The normalized spacial score (nSPS) is 15.9. The van der Waals surface area contributed by atoms with E-state index in [4.69, 9.17) is 0 Å². The van der Waals surface area contributed by atoms with Gasteiger partial charge in [0, 0.05) is 21.7 Å². The van der Waals surface area contributed by atoms with Crippen molar-refractivity contribution in [3.05, 3.63) is 345 Å². The van der Waals surface area contributed by atoms with Crippen LogP contribution < -0.4 is 0 Å². The smallest absolute Gasteiger partial charge is 0.0622 e. The fraction of sp³-hybridized carbons (Fsp3) is 0.152. The summed E-state index contributed by atoms with van der Waals surface area (Å²) in [6, 6.07) is 106. The molecule has 0 spiro atoms. The predicted molar refractivity (Wildman–Crippen MR) is 386 cm³/mol. The van der Waals surface area contributed by atoms with Crippen LogP contribution in [0.3, 0.4) is 0 Å². The lowest BCUT2D eigenvalue weighted by Crippen LogP contribution is -2.29. The molecule has 18 rings (SSSR count). The van der Waals surface area contributed by atoms with Gasteiger partial charge in [0.1, 0.15) is 0 Å². The third-order valence-corrected chi connectivity index (χ3v) is 22.9. The Balaban J connectivity index is 1.03. The first kappa shape index (κ1) is 54.8. The summed E-state index contributed by atoms with van der Waals surface area (Å²) in [5, 5.41) is 0. The first-order valence-electron chi connectivity index (χ1n) is 33.1. The molecule has 0 N–H and O–H groups in total. The lowest BCUT2D eigenvalue weighted by Gasteiger charge is -2.36. The number of fused-ring (bicyclic) bond motifs is 15. The highest BCUT2D eigenvalue weighted by molar-refractivity contribution is 6.03. The number of aryl methyl sites for hydroxylation is 1. The third kappa shape index (κ3) is 7.24. The molecule has 0 heterocycles. The van der Waals surface area contributed by atoms with Crippen LogP contribution in [0.4, 0.5) is 0 Å². The van der Waals surface area contributed by atoms with Crippen molar-refractivity contribution >= 4 is 0 Å². The summed E-state index contributed by atoms with van der Waals surface area (Å²) in [7, 11) is 0. The lowest BCUT2D eigenvalue weighted by molar-refractivity contribution is 0.660. The van der Waals surface area contributed by atoms with E-state index in [1.54, 1.807) is 0 Å². The van der Waals surface area contributed by atoms with Gasteiger partial charge in [-0.15, -0.1) is 0 Å². The van der Waals surface area contributed by atoms with E-state index in [-0.39, 0.29) is 21.7 Å². The van der Waals surface area contributed by atoms with Gasteiger partial charge in [0.15, 0.2) is 0 Å². The second-order valence-corrected chi connectivity index (χ2v) is 29.0. The molecule has 0 saturated heterocycles. The van der Waals surface area contributed by atoms with Gasteiger partial charge in [-0.25, -0.2) is 0 Å². The van der Waals surface area contributed by atoms with E-state index in [2.05, 4.69) is 335 Å². The first-order valence-corrected chi connectivity index (χ1v) is 33.1. The fourth-order valence-electron chi connectivity index (χ4n) is 18.5. The van der Waals surface area contributed by atoms with Gasteiger partial charge in [0.25, 0.3) is 0 Å². The molecule has 0 saturated carbocycles. The average molecular weight is 1180 g/mol. The molecule has 0 unspecified atom stereocenters. The Morgan fingerprint density at radius 1 is 0.185 bits per heavy atom. The van der Waals surface area contributed by atoms with Crippen molar-refractivity contribution in [2.45, 2.75) is 89.4 Å². The summed E-state index contributed by atoms with van der Waals surface area (Å²) in [5.41, 5.74) is 41.2. The highest BCUT2D eigenvalue weighted by atomic mass is 14.5. The standard InChI is InChI=1S/C92H72/c1-55-27-21-47-80-82(55)87-63(56-28-11-10-12-29-56)34-26-48-81(87)92(80,61-51-57(64-35-22-43-76-83(64)68-30-13-17-39-72(68)88(76,2)3)49-58(52-61)65-36-23-44-77-84(65)69-31-14-18-40-73(69)89(77,4)5)62-53-59(66-37-24-45-78-85(66)70-32-15-19-41-74(70)90(78,6)7)50-60(54-62)67-38-25-46-79-86(67)71-33-16-20-42-75(71)91(79,8)9/h10-54H,1-9H3. The van der Waals surface area contributed by atoms with E-state index >= 15 is 0 Å². The molecule has 0 aliphatic heterocycles. The van der Waals surface area contributed by atoms with Crippen LogP contribution in [0, 0.1) is 6.92 Å². The SMILES string of the molecule is Cc1cccc2c1-c1c(-c3ccccc3)cccc1C2(c1cc(-c2cccc3c2-c2ccccc2C3(C)C)cc(-c2cccc3c2-c2ccccc2C3(C)C)c1)c1cc(-c2cccc3c2-c2ccccc2C3(C)C)cc(-c2cccc3c2-c2ccccc2C3(C)C)c1. The van der Waals surface area contributed by atoms with Gasteiger partial charge in [-0.1, -0.05) is 292 Å². The molecule has 440 valence electrons.